The molecule has 0 saturated heterocycles. The standard InChI is InChI=1S/C56H44N2O2.C2H6/c1-33-29-35(3)49(36(4)30-33)44-24-13-22-42-43-23-14-25-45(50-37(5)31-34(2)32-38(50)6)54(43)57(53(42)44)48-28-16-26-46-52(48)56(60)58(55(46)59)47-27-15-21-41(39-17-9-7-10-18-39)51(47)40-19-11-8-12-20-40;1-2/h7-32H,1-6H3;1-2H3. The van der Waals surface area contributed by atoms with Crippen LogP contribution in [0.2, 0.25) is 0 Å². The summed E-state index contributed by atoms with van der Waals surface area (Å²) in [4.78, 5) is 31.9. The van der Waals surface area contributed by atoms with Gasteiger partial charge in [-0.25, -0.2) is 4.90 Å². The van der Waals surface area contributed by atoms with Gasteiger partial charge < -0.3 is 4.57 Å². The Morgan fingerprint density at radius 2 is 0.774 bits per heavy atom. The molecule has 62 heavy (non-hydrogen) atoms. The molecule has 8 aromatic carbocycles. The molecule has 0 unspecified atom stereocenters. The molecule has 304 valence electrons. The summed E-state index contributed by atoms with van der Waals surface area (Å²) in [6.07, 6.45) is 0. The van der Waals surface area contributed by atoms with Crippen LogP contribution >= 0.6 is 0 Å². The van der Waals surface area contributed by atoms with Crippen LogP contribution in [-0.4, -0.2) is 16.4 Å². The lowest BCUT2D eigenvalue weighted by atomic mass is 9.91. The number of anilines is 1. The summed E-state index contributed by atoms with van der Waals surface area (Å²) >= 11 is 0. The Kier molecular flexibility index (Phi) is 10.3. The summed E-state index contributed by atoms with van der Waals surface area (Å²) in [7, 11) is 0. The zero-order chi connectivity index (χ0) is 43.4. The highest BCUT2D eigenvalue weighted by molar-refractivity contribution is 6.37. The van der Waals surface area contributed by atoms with E-state index in [4.69, 9.17) is 0 Å². The molecule has 0 fully saturated rings. The van der Waals surface area contributed by atoms with E-state index in [1.54, 1.807) is 6.07 Å². The van der Waals surface area contributed by atoms with Crippen molar-refractivity contribution in [2.45, 2.75) is 55.4 Å². The maximum absolute atomic E-state index is 15.5. The Hall–Kier alpha value is -7.30. The quantitative estimate of drug-likeness (QED) is 0.157. The first-order valence-corrected chi connectivity index (χ1v) is 21.6. The molecule has 2 amide bonds. The molecule has 0 saturated carbocycles. The van der Waals surface area contributed by atoms with Crippen molar-refractivity contribution < 1.29 is 9.59 Å². The Morgan fingerprint density at radius 3 is 1.27 bits per heavy atom. The van der Waals surface area contributed by atoms with Gasteiger partial charge in [-0.2, -0.15) is 0 Å². The van der Waals surface area contributed by atoms with Crippen LogP contribution in [0.5, 0.6) is 0 Å². The number of aryl methyl sites for hydroxylation is 6. The molecule has 10 rings (SSSR count). The van der Waals surface area contributed by atoms with Crippen molar-refractivity contribution in [2.24, 2.45) is 0 Å². The topological polar surface area (TPSA) is 42.3 Å². The number of hydrogen-bond acceptors (Lipinski definition) is 2. The third kappa shape index (κ3) is 6.37. The minimum absolute atomic E-state index is 0.337. The molecule has 9 aromatic rings. The van der Waals surface area contributed by atoms with Crippen molar-refractivity contribution in [1.82, 2.24) is 4.57 Å². The van der Waals surface area contributed by atoms with Gasteiger partial charge in [-0.05, 0) is 110 Å². The van der Waals surface area contributed by atoms with E-state index in [2.05, 4.69) is 125 Å². The van der Waals surface area contributed by atoms with Crippen LogP contribution in [0, 0.1) is 41.5 Å². The number of fused-ring (bicyclic) bond motifs is 4. The van der Waals surface area contributed by atoms with E-state index in [-0.39, 0.29) is 11.8 Å². The maximum Gasteiger partial charge on any atom is 0.268 e. The number of aromatic nitrogens is 1. The number of carbonyl (C=O) groups is 2. The van der Waals surface area contributed by atoms with Gasteiger partial charge in [0.15, 0.2) is 0 Å². The number of carbonyl (C=O) groups excluding carboxylic acids is 2. The summed E-state index contributed by atoms with van der Waals surface area (Å²) in [5.74, 6) is -0.681. The Morgan fingerprint density at radius 1 is 0.355 bits per heavy atom. The summed E-state index contributed by atoms with van der Waals surface area (Å²) < 4.78 is 2.29. The van der Waals surface area contributed by atoms with Gasteiger partial charge in [-0.3, -0.25) is 9.59 Å². The van der Waals surface area contributed by atoms with Gasteiger partial charge >= 0.3 is 0 Å². The average molecular weight is 807 g/mol. The number of rotatable bonds is 6. The molecule has 1 aliphatic heterocycles. The summed E-state index contributed by atoms with van der Waals surface area (Å²) in [5.41, 5.74) is 19.4. The highest BCUT2D eigenvalue weighted by atomic mass is 16.2. The highest BCUT2D eigenvalue weighted by Crippen LogP contribution is 2.47. The maximum atomic E-state index is 15.5. The van der Waals surface area contributed by atoms with Gasteiger partial charge in [-0.1, -0.05) is 165 Å². The third-order valence-electron chi connectivity index (χ3n) is 12.3. The van der Waals surface area contributed by atoms with Crippen molar-refractivity contribution in [1.29, 1.82) is 0 Å². The lowest BCUT2D eigenvalue weighted by molar-refractivity contribution is 0.0926. The Bertz CT molecular complexity index is 3080. The van der Waals surface area contributed by atoms with Crippen LogP contribution in [0.25, 0.3) is 72.0 Å². The molecule has 1 aromatic heterocycles. The van der Waals surface area contributed by atoms with E-state index in [0.29, 0.717) is 22.5 Å². The molecule has 0 aliphatic carbocycles. The zero-order valence-corrected chi connectivity index (χ0v) is 36.7. The number of benzene rings is 8. The normalized spacial score (nSPS) is 12.2. The average Bonchev–Trinajstić information content (AvgIpc) is 3.75. The summed E-state index contributed by atoms with van der Waals surface area (Å²) in [6.45, 7) is 17.0. The van der Waals surface area contributed by atoms with E-state index in [9.17, 15) is 0 Å². The first kappa shape index (κ1) is 40.1. The van der Waals surface area contributed by atoms with Crippen molar-refractivity contribution in [2.75, 3.05) is 4.90 Å². The SMILES string of the molecule is CC.Cc1cc(C)c(-c2cccc3c4cccc(-c5c(C)cc(C)cc5C)c4n(-c4cccc5c4C(=O)N(c4cccc(-c6ccccc6)c4-c4ccccc4)C5=O)c23)c(C)c1. The number of amides is 2. The zero-order valence-electron chi connectivity index (χ0n) is 36.7. The van der Waals surface area contributed by atoms with Crippen LogP contribution in [0.4, 0.5) is 5.69 Å². The third-order valence-corrected chi connectivity index (χ3v) is 12.3. The van der Waals surface area contributed by atoms with Gasteiger partial charge in [0.25, 0.3) is 11.8 Å². The molecular weight excluding hydrogens is 757 g/mol. The fraction of sp³-hybridized carbons (Fsp3) is 0.138. The fourth-order valence-electron chi connectivity index (χ4n) is 10.1. The van der Waals surface area contributed by atoms with Gasteiger partial charge in [0.2, 0.25) is 0 Å². The van der Waals surface area contributed by atoms with E-state index in [1.165, 1.54) is 49.4 Å². The molecule has 2 heterocycles. The molecule has 1 aliphatic rings. The first-order chi connectivity index (χ1) is 30.1. The minimum atomic E-state index is -0.344. The van der Waals surface area contributed by atoms with Crippen molar-refractivity contribution >= 4 is 39.3 Å². The van der Waals surface area contributed by atoms with Crippen molar-refractivity contribution in [3.8, 4) is 50.2 Å². The van der Waals surface area contributed by atoms with Crippen LogP contribution in [-0.2, 0) is 0 Å². The van der Waals surface area contributed by atoms with Crippen LogP contribution in [0.3, 0.4) is 0 Å². The molecule has 0 bridgehead atoms. The molecule has 0 spiro atoms. The predicted molar refractivity (Wildman–Crippen MR) is 260 cm³/mol. The number of nitrogens with zero attached hydrogens (tertiary/aromatic N) is 2. The monoisotopic (exact) mass is 806 g/mol. The van der Waals surface area contributed by atoms with Crippen LogP contribution in [0.1, 0.15) is 67.9 Å². The smallest absolute Gasteiger partial charge is 0.268 e. The van der Waals surface area contributed by atoms with E-state index < -0.39 is 0 Å². The molecule has 4 nitrogen and oxygen atoms in total. The van der Waals surface area contributed by atoms with E-state index in [0.717, 1.165) is 55.2 Å². The number of hydrogen-bond donors (Lipinski definition) is 0. The largest absolute Gasteiger partial charge is 0.307 e. The van der Waals surface area contributed by atoms with E-state index >= 15 is 9.59 Å². The highest BCUT2D eigenvalue weighted by Gasteiger charge is 2.41. The lowest BCUT2D eigenvalue weighted by Gasteiger charge is -2.22. The Labute approximate surface area is 364 Å². The molecule has 0 radical (unpaired) electrons. The van der Waals surface area contributed by atoms with E-state index in [1.807, 2.05) is 86.6 Å². The first-order valence-electron chi connectivity index (χ1n) is 21.6. The van der Waals surface area contributed by atoms with Gasteiger partial charge in [0.1, 0.15) is 0 Å². The predicted octanol–water partition coefficient (Wildman–Crippen LogP) is 15.1. The molecular formula is C58H50N2O2. The summed E-state index contributed by atoms with van der Waals surface area (Å²) in [5, 5.41) is 2.17. The minimum Gasteiger partial charge on any atom is -0.307 e. The fourth-order valence-corrected chi connectivity index (χ4v) is 10.1. The lowest BCUT2D eigenvalue weighted by Crippen LogP contribution is -2.30. The summed E-state index contributed by atoms with van der Waals surface area (Å²) in [6, 6.07) is 53.9. The molecule has 0 N–H and O–H groups in total. The second-order valence-electron chi connectivity index (χ2n) is 16.4. The second kappa shape index (κ2) is 15.9. The van der Waals surface area contributed by atoms with Crippen LogP contribution < -0.4 is 4.90 Å². The number of imide groups is 1. The second-order valence-corrected chi connectivity index (χ2v) is 16.4. The van der Waals surface area contributed by atoms with Crippen LogP contribution in [0.15, 0.2) is 158 Å². The molecule has 4 heteroatoms. The van der Waals surface area contributed by atoms with Gasteiger partial charge in [0.05, 0.1) is 33.5 Å². The molecule has 0 atom stereocenters. The Balaban J connectivity index is 0.00000242. The van der Waals surface area contributed by atoms with Gasteiger partial charge in [0, 0.05) is 27.5 Å². The number of para-hydroxylation sites is 2. The van der Waals surface area contributed by atoms with Crippen molar-refractivity contribution in [3.05, 3.63) is 202 Å². The van der Waals surface area contributed by atoms with Gasteiger partial charge in [-0.15, -0.1) is 0 Å². The van der Waals surface area contributed by atoms with Crippen molar-refractivity contribution in [3.63, 3.8) is 0 Å².